The van der Waals surface area contributed by atoms with Crippen molar-refractivity contribution in [2.45, 2.75) is 33.6 Å². The van der Waals surface area contributed by atoms with Gasteiger partial charge in [0.1, 0.15) is 0 Å². The van der Waals surface area contributed by atoms with Gasteiger partial charge in [-0.3, -0.25) is 4.79 Å². The summed E-state index contributed by atoms with van der Waals surface area (Å²) in [6, 6.07) is 0. The van der Waals surface area contributed by atoms with E-state index in [1.165, 1.54) is 5.57 Å². The molecule has 0 saturated heterocycles. The molecule has 0 heterocycles. The van der Waals surface area contributed by atoms with Crippen molar-refractivity contribution in [3.8, 4) is 0 Å². The number of carbonyl (C=O) groups is 1. The summed E-state index contributed by atoms with van der Waals surface area (Å²) >= 11 is 0. The van der Waals surface area contributed by atoms with E-state index in [4.69, 9.17) is 5.11 Å². The molecule has 2 nitrogen and oxygen atoms in total. The van der Waals surface area contributed by atoms with E-state index in [0.717, 1.165) is 12.8 Å². The fourth-order valence-corrected chi connectivity index (χ4v) is 1.76. The lowest BCUT2D eigenvalue weighted by Gasteiger charge is -2.06. The summed E-state index contributed by atoms with van der Waals surface area (Å²) < 4.78 is 0. The Morgan fingerprint density at radius 3 is 2.50 bits per heavy atom. The third-order valence-corrected chi connectivity index (χ3v) is 2.73. The Hall–Kier alpha value is -0.790. The van der Waals surface area contributed by atoms with Crippen molar-refractivity contribution in [2.24, 2.45) is 11.3 Å². The van der Waals surface area contributed by atoms with Crippen LogP contribution in [0.5, 0.6) is 0 Å². The van der Waals surface area contributed by atoms with Crippen LogP contribution in [0.2, 0.25) is 0 Å². The molecule has 1 saturated carbocycles. The van der Waals surface area contributed by atoms with Crippen molar-refractivity contribution in [1.29, 1.82) is 0 Å². The molecule has 0 aromatic carbocycles. The van der Waals surface area contributed by atoms with Gasteiger partial charge in [-0.05, 0) is 32.6 Å². The molecule has 0 spiro atoms. The molecule has 12 heavy (non-hydrogen) atoms. The maximum atomic E-state index is 10.9. The second kappa shape index (κ2) is 2.92. The number of allylic oxidation sites excluding steroid dienone is 2. The zero-order valence-corrected chi connectivity index (χ0v) is 7.92. The molecule has 0 aromatic heterocycles. The van der Waals surface area contributed by atoms with E-state index >= 15 is 0 Å². The summed E-state index contributed by atoms with van der Waals surface area (Å²) in [5, 5.41) is 8.96. The Kier molecular flexibility index (Phi) is 2.27. The SMILES string of the molecule is CCC1(C(=O)O)CC1C=C(C)C. The highest BCUT2D eigenvalue weighted by atomic mass is 16.4. The second-order valence-corrected chi connectivity index (χ2v) is 3.87. The van der Waals surface area contributed by atoms with E-state index in [0.29, 0.717) is 0 Å². The first-order valence-electron chi connectivity index (χ1n) is 4.41. The fraction of sp³-hybridized carbons (Fsp3) is 0.700. The van der Waals surface area contributed by atoms with Gasteiger partial charge in [0.05, 0.1) is 5.41 Å². The van der Waals surface area contributed by atoms with Crippen LogP contribution in [0.15, 0.2) is 11.6 Å². The van der Waals surface area contributed by atoms with Gasteiger partial charge in [-0.15, -0.1) is 0 Å². The van der Waals surface area contributed by atoms with Crippen molar-refractivity contribution in [3.63, 3.8) is 0 Å². The molecular weight excluding hydrogens is 152 g/mol. The van der Waals surface area contributed by atoms with Gasteiger partial charge in [-0.2, -0.15) is 0 Å². The number of carboxylic acids is 1. The molecule has 2 atom stereocenters. The topological polar surface area (TPSA) is 37.3 Å². The molecule has 0 radical (unpaired) electrons. The lowest BCUT2D eigenvalue weighted by Crippen LogP contribution is -2.15. The maximum Gasteiger partial charge on any atom is 0.310 e. The molecule has 0 bridgehead atoms. The lowest BCUT2D eigenvalue weighted by atomic mass is 10.00. The molecule has 1 rings (SSSR count). The average molecular weight is 168 g/mol. The molecule has 1 aliphatic carbocycles. The van der Waals surface area contributed by atoms with E-state index in [-0.39, 0.29) is 5.92 Å². The van der Waals surface area contributed by atoms with Crippen LogP contribution >= 0.6 is 0 Å². The Morgan fingerprint density at radius 2 is 2.25 bits per heavy atom. The quantitative estimate of drug-likeness (QED) is 0.657. The van der Waals surface area contributed by atoms with Gasteiger partial charge in [0.25, 0.3) is 0 Å². The normalized spacial score (nSPS) is 32.8. The van der Waals surface area contributed by atoms with Gasteiger partial charge >= 0.3 is 5.97 Å². The van der Waals surface area contributed by atoms with Crippen LogP contribution in [0.1, 0.15) is 33.6 Å². The average Bonchev–Trinajstić information content (AvgIpc) is 2.62. The summed E-state index contributed by atoms with van der Waals surface area (Å²) in [7, 11) is 0. The van der Waals surface area contributed by atoms with Gasteiger partial charge in [0.2, 0.25) is 0 Å². The molecular formula is C10H16O2. The minimum atomic E-state index is -0.632. The van der Waals surface area contributed by atoms with Crippen LogP contribution in [0, 0.1) is 11.3 Å². The third-order valence-electron chi connectivity index (χ3n) is 2.73. The molecule has 0 aliphatic heterocycles. The zero-order valence-electron chi connectivity index (χ0n) is 7.92. The first kappa shape index (κ1) is 9.30. The lowest BCUT2D eigenvalue weighted by molar-refractivity contribution is -0.143. The second-order valence-electron chi connectivity index (χ2n) is 3.87. The number of carboxylic acid groups (broad SMARTS) is 1. The number of aliphatic carboxylic acids is 1. The summed E-state index contributed by atoms with van der Waals surface area (Å²) in [5.41, 5.74) is 0.800. The number of hydrogen-bond acceptors (Lipinski definition) is 1. The molecule has 1 N–H and O–H groups in total. The number of rotatable bonds is 3. The van der Waals surface area contributed by atoms with Crippen molar-refractivity contribution in [3.05, 3.63) is 11.6 Å². The van der Waals surface area contributed by atoms with Crippen LogP contribution in [-0.2, 0) is 4.79 Å². The highest BCUT2D eigenvalue weighted by molar-refractivity contribution is 5.79. The molecule has 2 unspecified atom stereocenters. The van der Waals surface area contributed by atoms with Crippen molar-refractivity contribution < 1.29 is 9.90 Å². The monoisotopic (exact) mass is 168 g/mol. The number of hydrogen-bond donors (Lipinski definition) is 1. The standard InChI is InChI=1S/C10H16O2/c1-4-10(9(11)12)6-8(10)5-7(2)3/h5,8H,4,6H2,1-3H3,(H,11,12). The molecule has 1 aliphatic rings. The van der Waals surface area contributed by atoms with Gasteiger partial charge in [0, 0.05) is 0 Å². The smallest absolute Gasteiger partial charge is 0.310 e. The van der Waals surface area contributed by atoms with Crippen LogP contribution in [0.4, 0.5) is 0 Å². The van der Waals surface area contributed by atoms with Crippen LogP contribution in [0.3, 0.4) is 0 Å². The summed E-state index contributed by atoms with van der Waals surface area (Å²) in [6.45, 7) is 5.98. The highest BCUT2D eigenvalue weighted by Crippen LogP contribution is 2.56. The van der Waals surface area contributed by atoms with Gasteiger partial charge < -0.3 is 5.11 Å². The van der Waals surface area contributed by atoms with E-state index in [2.05, 4.69) is 6.08 Å². The molecule has 2 heteroatoms. The minimum Gasteiger partial charge on any atom is -0.481 e. The Balaban J connectivity index is 2.68. The van der Waals surface area contributed by atoms with Crippen molar-refractivity contribution in [2.75, 3.05) is 0 Å². The zero-order chi connectivity index (χ0) is 9.35. The van der Waals surface area contributed by atoms with E-state index in [1.807, 2.05) is 20.8 Å². The fourth-order valence-electron chi connectivity index (χ4n) is 1.76. The predicted octanol–water partition coefficient (Wildman–Crippen LogP) is 2.45. The Labute approximate surface area is 73.3 Å². The largest absolute Gasteiger partial charge is 0.481 e. The maximum absolute atomic E-state index is 10.9. The molecule has 1 fully saturated rings. The van der Waals surface area contributed by atoms with E-state index in [9.17, 15) is 4.79 Å². The predicted molar refractivity (Wildman–Crippen MR) is 47.9 cm³/mol. The summed E-state index contributed by atoms with van der Waals surface area (Å²) in [5.74, 6) is -0.350. The Morgan fingerprint density at radius 1 is 1.67 bits per heavy atom. The minimum absolute atomic E-state index is 0.282. The van der Waals surface area contributed by atoms with Gasteiger partial charge in [0.15, 0.2) is 0 Å². The van der Waals surface area contributed by atoms with Crippen molar-refractivity contribution >= 4 is 5.97 Å². The summed E-state index contributed by atoms with van der Waals surface area (Å²) in [6.07, 6.45) is 3.65. The van der Waals surface area contributed by atoms with Crippen LogP contribution in [0.25, 0.3) is 0 Å². The molecule has 0 amide bonds. The molecule has 0 aromatic rings. The van der Waals surface area contributed by atoms with Gasteiger partial charge in [-0.1, -0.05) is 18.6 Å². The first-order chi connectivity index (χ1) is 5.53. The van der Waals surface area contributed by atoms with Crippen LogP contribution in [-0.4, -0.2) is 11.1 Å². The molecule has 68 valence electrons. The van der Waals surface area contributed by atoms with Crippen LogP contribution < -0.4 is 0 Å². The Bertz CT molecular complexity index is 226. The summed E-state index contributed by atoms with van der Waals surface area (Å²) in [4.78, 5) is 10.9. The highest BCUT2D eigenvalue weighted by Gasteiger charge is 2.57. The third kappa shape index (κ3) is 1.38. The van der Waals surface area contributed by atoms with Crippen molar-refractivity contribution in [1.82, 2.24) is 0 Å². The van der Waals surface area contributed by atoms with E-state index in [1.54, 1.807) is 0 Å². The van der Waals surface area contributed by atoms with Gasteiger partial charge in [-0.25, -0.2) is 0 Å². The van der Waals surface area contributed by atoms with E-state index < -0.39 is 11.4 Å². The first-order valence-corrected chi connectivity index (χ1v) is 4.41.